The largest absolute Gasteiger partial charge is 0.433 e. The summed E-state index contributed by atoms with van der Waals surface area (Å²) in [7, 11) is 0. The first-order valence-electron chi connectivity index (χ1n) is 5.26. The van der Waals surface area contributed by atoms with Gasteiger partial charge in [0.2, 0.25) is 0 Å². The highest BCUT2D eigenvalue weighted by Gasteiger charge is 2.32. The molecule has 2 aromatic rings. The van der Waals surface area contributed by atoms with E-state index in [-0.39, 0.29) is 12.1 Å². The Morgan fingerprint density at radius 1 is 1.32 bits per heavy atom. The first-order chi connectivity index (χ1) is 8.97. The first kappa shape index (κ1) is 13.1. The highest BCUT2D eigenvalue weighted by atomic mass is 19.4. The summed E-state index contributed by atoms with van der Waals surface area (Å²) in [6.07, 6.45) is -2.09. The molecular formula is C11H9F3N4O. The number of hydrogen-bond acceptors (Lipinski definition) is 3. The van der Waals surface area contributed by atoms with E-state index in [1.807, 2.05) is 0 Å². The van der Waals surface area contributed by atoms with Crippen molar-refractivity contribution >= 4 is 5.91 Å². The summed E-state index contributed by atoms with van der Waals surface area (Å²) in [5.41, 5.74) is -0.279. The molecule has 5 nitrogen and oxygen atoms in total. The molecule has 0 fully saturated rings. The maximum atomic E-state index is 12.3. The van der Waals surface area contributed by atoms with Gasteiger partial charge < -0.3 is 5.32 Å². The molecule has 0 saturated heterocycles. The lowest BCUT2D eigenvalue weighted by molar-refractivity contribution is -0.141. The van der Waals surface area contributed by atoms with Crippen LogP contribution in [0, 0.1) is 0 Å². The van der Waals surface area contributed by atoms with E-state index in [4.69, 9.17) is 0 Å². The average Bonchev–Trinajstić information content (AvgIpc) is 2.88. The predicted molar refractivity (Wildman–Crippen MR) is 59.0 cm³/mol. The number of amides is 1. The van der Waals surface area contributed by atoms with Crippen molar-refractivity contribution in [2.75, 3.05) is 0 Å². The smallest absolute Gasteiger partial charge is 0.346 e. The summed E-state index contributed by atoms with van der Waals surface area (Å²) in [5.74, 6) is -0.504. The van der Waals surface area contributed by atoms with Gasteiger partial charge in [-0.05, 0) is 18.2 Å². The lowest BCUT2D eigenvalue weighted by Gasteiger charge is -2.07. The molecular weight excluding hydrogens is 261 g/mol. The molecule has 0 unspecified atom stereocenters. The quantitative estimate of drug-likeness (QED) is 0.892. The Morgan fingerprint density at radius 2 is 2.11 bits per heavy atom. The van der Waals surface area contributed by atoms with Gasteiger partial charge in [-0.2, -0.15) is 18.3 Å². The van der Waals surface area contributed by atoms with Gasteiger partial charge in [0.05, 0.1) is 17.8 Å². The monoisotopic (exact) mass is 270 g/mol. The normalized spacial score (nSPS) is 11.3. The van der Waals surface area contributed by atoms with Gasteiger partial charge in [0.15, 0.2) is 0 Å². The molecule has 8 heteroatoms. The Labute approximate surface area is 105 Å². The van der Waals surface area contributed by atoms with Crippen LogP contribution >= 0.6 is 0 Å². The third-order valence-electron chi connectivity index (χ3n) is 2.31. The molecule has 19 heavy (non-hydrogen) atoms. The molecule has 0 spiro atoms. The molecule has 0 aromatic carbocycles. The third-order valence-corrected chi connectivity index (χ3v) is 2.31. The molecule has 2 N–H and O–H groups in total. The number of H-pyrrole nitrogens is 1. The number of aromatic amines is 1. The van der Waals surface area contributed by atoms with E-state index in [1.165, 1.54) is 6.20 Å². The highest BCUT2D eigenvalue weighted by molar-refractivity contribution is 5.93. The topological polar surface area (TPSA) is 70.7 Å². The van der Waals surface area contributed by atoms with Crippen molar-refractivity contribution in [2.45, 2.75) is 12.7 Å². The zero-order chi connectivity index (χ0) is 13.9. The molecule has 2 aromatic heterocycles. The number of aromatic nitrogens is 3. The van der Waals surface area contributed by atoms with E-state index in [9.17, 15) is 18.0 Å². The highest BCUT2D eigenvalue weighted by Crippen LogP contribution is 2.27. The minimum absolute atomic E-state index is 0.0625. The number of carbonyl (C=O) groups is 1. The molecule has 0 aliphatic carbocycles. The van der Waals surface area contributed by atoms with Crippen LogP contribution in [-0.2, 0) is 12.7 Å². The zero-order valence-electron chi connectivity index (χ0n) is 9.53. The standard InChI is InChI=1S/C11H9F3N4O/c12-11(13,14)9-2-1-7(5-15-9)10(19)16-6-8-3-4-17-18-8/h1-5H,6H2,(H,16,19)(H,17,18). The van der Waals surface area contributed by atoms with Gasteiger partial charge in [-0.1, -0.05) is 0 Å². The summed E-state index contributed by atoms with van der Waals surface area (Å²) in [6, 6.07) is 3.52. The fraction of sp³-hybridized carbons (Fsp3) is 0.182. The Hall–Kier alpha value is -2.38. The van der Waals surface area contributed by atoms with Gasteiger partial charge in [0.25, 0.3) is 5.91 Å². The van der Waals surface area contributed by atoms with Gasteiger partial charge in [-0.3, -0.25) is 14.9 Å². The van der Waals surface area contributed by atoms with Crippen molar-refractivity contribution in [1.29, 1.82) is 0 Å². The Bertz CT molecular complexity index is 548. The fourth-order valence-corrected chi connectivity index (χ4v) is 1.36. The number of hydrogen-bond donors (Lipinski definition) is 2. The molecule has 2 rings (SSSR count). The summed E-state index contributed by atoms with van der Waals surface area (Å²) in [4.78, 5) is 14.8. The van der Waals surface area contributed by atoms with Crippen LogP contribution in [0.3, 0.4) is 0 Å². The molecule has 100 valence electrons. The molecule has 0 radical (unpaired) electrons. The average molecular weight is 270 g/mol. The molecule has 0 aliphatic rings. The number of rotatable bonds is 3. The summed E-state index contributed by atoms with van der Waals surface area (Å²) < 4.78 is 36.8. The molecule has 0 saturated carbocycles. The lowest BCUT2D eigenvalue weighted by atomic mass is 10.2. The van der Waals surface area contributed by atoms with E-state index in [0.29, 0.717) is 5.69 Å². The summed E-state index contributed by atoms with van der Waals surface area (Å²) in [5, 5.41) is 8.87. The van der Waals surface area contributed by atoms with Crippen molar-refractivity contribution in [3.05, 3.63) is 47.5 Å². The molecule has 2 heterocycles. The van der Waals surface area contributed by atoms with E-state index in [2.05, 4.69) is 20.5 Å². The van der Waals surface area contributed by atoms with Gasteiger partial charge in [-0.15, -0.1) is 0 Å². The number of carbonyl (C=O) groups excluding carboxylic acids is 1. The minimum Gasteiger partial charge on any atom is -0.346 e. The van der Waals surface area contributed by atoms with E-state index < -0.39 is 17.8 Å². The summed E-state index contributed by atoms with van der Waals surface area (Å²) in [6.45, 7) is 0.208. The van der Waals surface area contributed by atoms with Crippen LogP contribution in [0.15, 0.2) is 30.6 Å². The maximum absolute atomic E-state index is 12.3. The third kappa shape index (κ3) is 3.30. The number of nitrogens with zero attached hydrogens (tertiary/aromatic N) is 2. The van der Waals surface area contributed by atoms with Crippen molar-refractivity contribution in [2.24, 2.45) is 0 Å². The van der Waals surface area contributed by atoms with Crippen molar-refractivity contribution < 1.29 is 18.0 Å². The second-order valence-electron chi connectivity index (χ2n) is 3.69. The van der Waals surface area contributed by atoms with Crippen molar-refractivity contribution in [1.82, 2.24) is 20.5 Å². The fourth-order valence-electron chi connectivity index (χ4n) is 1.36. The number of halogens is 3. The van der Waals surface area contributed by atoms with Crippen molar-refractivity contribution in [3.8, 4) is 0 Å². The molecule has 0 aliphatic heterocycles. The summed E-state index contributed by atoms with van der Waals surface area (Å²) >= 11 is 0. The van der Waals surface area contributed by atoms with Crippen LogP contribution in [0.1, 0.15) is 21.7 Å². The Kier molecular flexibility index (Phi) is 3.50. The van der Waals surface area contributed by atoms with Crippen molar-refractivity contribution in [3.63, 3.8) is 0 Å². The van der Waals surface area contributed by atoms with Crippen LogP contribution in [0.5, 0.6) is 0 Å². The second-order valence-corrected chi connectivity index (χ2v) is 3.69. The van der Waals surface area contributed by atoms with Crippen LogP contribution in [-0.4, -0.2) is 21.1 Å². The van der Waals surface area contributed by atoms with E-state index in [1.54, 1.807) is 6.07 Å². The Morgan fingerprint density at radius 3 is 2.63 bits per heavy atom. The van der Waals surface area contributed by atoms with Crippen LogP contribution in [0.25, 0.3) is 0 Å². The molecule has 1 amide bonds. The van der Waals surface area contributed by atoms with Crippen LogP contribution < -0.4 is 5.32 Å². The van der Waals surface area contributed by atoms with Gasteiger partial charge in [0, 0.05) is 12.4 Å². The number of pyridine rings is 1. The number of alkyl halides is 3. The molecule has 0 bridgehead atoms. The lowest BCUT2D eigenvalue weighted by Crippen LogP contribution is -2.23. The minimum atomic E-state index is -4.51. The number of nitrogens with one attached hydrogen (secondary N) is 2. The van der Waals surface area contributed by atoms with Gasteiger partial charge in [-0.25, -0.2) is 0 Å². The van der Waals surface area contributed by atoms with Gasteiger partial charge >= 0.3 is 6.18 Å². The van der Waals surface area contributed by atoms with E-state index in [0.717, 1.165) is 18.3 Å². The predicted octanol–water partition coefficient (Wildman–Crippen LogP) is 1.75. The second kappa shape index (κ2) is 5.09. The Balaban J connectivity index is 2.00. The van der Waals surface area contributed by atoms with Crippen LogP contribution in [0.4, 0.5) is 13.2 Å². The zero-order valence-corrected chi connectivity index (χ0v) is 9.53. The molecule has 0 atom stereocenters. The van der Waals surface area contributed by atoms with Crippen LogP contribution in [0.2, 0.25) is 0 Å². The SMILES string of the molecule is O=C(NCc1ccn[nH]1)c1ccc(C(F)(F)F)nc1. The maximum Gasteiger partial charge on any atom is 0.433 e. The first-order valence-corrected chi connectivity index (χ1v) is 5.26. The van der Waals surface area contributed by atoms with Gasteiger partial charge in [0.1, 0.15) is 5.69 Å². The van der Waals surface area contributed by atoms with E-state index >= 15 is 0 Å².